The molecule has 0 spiro atoms. The number of carbonyl (C=O) groups is 4. The van der Waals surface area contributed by atoms with Crippen LogP contribution >= 0.6 is 11.3 Å². The lowest BCUT2D eigenvalue weighted by atomic mass is 10.0. The molecule has 0 radical (unpaired) electrons. The molecule has 1 saturated carbocycles. The number of H-pyrrole nitrogens is 2. The number of aromatic amines is 2. The van der Waals surface area contributed by atoms with Gasteiger partial charge in [-0.15, -0.1) is 11.3 Å². The van der Waals surface area contributed by atoms with Crippen LogP contribution in [0.2, 0.25) is 0 Å². The molecule has 17 nitrogen and oxygen atoms in total. The third-order valence-electron chi connectivity index (χ3n) is 14.0. The van der Waals surface area contributed by atoms with Crippen LogP contribution in [-0.4, -0.2) is 102 Å². The first-order valence-electron chi connectivity index (χ1n) is 23.8. The van der Waals surface area contributed by atoms with E-state index in [1.54, 1.807) is 28.6 Å². The minimum Gasteiger partial charge on any atom is -0.464 e. The smallest absolute Gasteiger partial charge is 0.407 e. The molecule has 4 aromatic heterocycles. The van der Waals surface area contributed by atoms with Crippen LogP contribution < -0.4 is 15.4 Å². The van der Waals surface area contributed by atoms with Gasteiger partial charge >= 0.3 is 12.2 Å². The zero-order valence-electron chi connectivity index (χ0n) is 39.7. The standard InChI is InChI=1S/C50H57FN10O7S/c1-8-10-40-52-23-39(69-40)48-61-33-13-12-26(31-21-54-45(55-31)37-19-29-17-35(29)60(37)47(63)43(25(4)5)58-50(65)67-7)15-28(33)18-36(61)41-30(51)16-27(20-38(41)68-48)32-22-53-44(56-32)34-11-9-14-59(34)46(62)42(24(2)3)57-49(64)66-6/h12-13,15-16,18,20-25,29,34-35,37,42-43,48H,8-11,14,17,19H2,1-7H3,(H,53,56)(H,54,55)(H,57,64)(H,58,65)/t29-,34+,35-,37+,42+,43+,48?/m1/s1. The van der Waals surface area contributed by atoms with Crippen LogP contribution in [0.3, 0.4) is 0 Å². The molecule has 7 atom stereocenters. The van der Waals surface area contributed by atoms with E-state index in [9.17, 15) is 19.2 Å². The Kier molecular flexibility index (Phi) is 12.2. The fourth-order valence-corrected chi connectivity index (χ4v) is 11.5. The van der Waals surface area contributed by atoms with Gasteiger partial charge in [-0.05, 0) is 86.6 Å². The molecule has 1 unspecified atom stereocenters. The van der Waals surface area contributed by atoms with Gasteiger partial charge in [0, 0.05) is 35.3 Å². The number of aromatic nitrogens is 6. The zero-order valence-corrected chi connectivity index (χ0v) is 40.5. The van der Waals surface area contributed by atoms with Gasteiger partial charge in [-0.25, -0.2) is 28.9 Å². The van der Waals surface area contributed by atoms with Crippen molar-refractivity contribution >= 4 is 46.2 Å². The maximum Gasteiger partial charge on any atom is 0.407 e. The van der Waals surface area contributed by atoms with E-state index in [4.69, 9.17) is 29.2 Å². The number of hydrogen-bond donors (Lipinski definition) is 4. The molecule has 1 aliphatic carbocycles. The van der Waals surface area contributed by atoms with Gasteiger partial charge in [0.15, 0.2) is 0 Å². The minimum absolute atomic E-state index is 0.103. The average Bonchev–Trinajstić information content (AvgIpc) is 4.10. The summed E-state index contributed by atoms with van der Waals surface area (Å²) in [5.41, 5.74) is 4.56. The molecule has 3 aliphatic heterocycles. The predicted molar refractivity (Wildman–Crippen MR) is 255 cm³/mol. The Morgan fingerprint density at radius 1 is 0.855 bits per heavy atom. The number of halogens is 1. The largest absolute Gasteiger partial charge is 0.464 e. The molecular weight excluding hydrogens is 904 g/mol. The van der Waals surface area contributed by atoms with E-state index in [2.05, 4.69) is 33.6 Å². The molecule has 6 aromatic rings. The van der Waals surface area contributed by atoms with Gasteiger partial charge in [0.05, 0.1) is 76.7 Å². The number of aryl methyl sites for hydroxylation is 1. The number of nitrogens with zero attached hydrogens (tertiary/aromatic N) is 6. The number of thiazole rings is 1. The lowest BCUT2D eigenvalue weighted by molar-refractivity contribution is -0.137. The van der Waals surface area contributed by atoms with Crippen molar-refractivity contribution in [3.05, 3.63) is 82.3 Å². The first-order valence-corrected chi connectivity index (χ1v) is 24.6. The van der Waals surface area contributed by atoms with E-state index in [1.165, 1.54) is 20.3 Å². The second-order valence-corrected chi connectivity index (χ2v) is 20.4. The Hall–Kier alpha value is -6.76. The summed E-state index contributed by atoms with van der Waals surface area (Å²) in [5, 5.41) is 7.28. The van der Waals surface area contributed by atoms with E-state index in [0.717, 1.165) is 64.1 Å². The summed E-state index contributed by atoms with van der Waals surface area (Å²) in [6.07, 6.45) is 8.23. The topological polar surface area (TPSA) is 202 Å². The molecule has 2 saturated heterocycles. The van der Waals surface area contributed by atoms with Gasteiger partial charge in [-0.1, -0.05) is 40.7 Å². The molecule has 3 fully saturated rings. The third-order valence-corrected chi connectivity index (χ3v) is 15.1. The Labute approximate surface area is 402 Å². The van der Waals surface area contributed by atoms with Crippen LogP contribution in [0.15, 0.2) is 55.0 Å². The third kappa shape index (κ3) is 8.37. The molecule has 2 aromatic carbocycles. The molecule has 4 N–H and O–H groups in total. The second kappa shape index (κ2) is 18.3. The zero-order chi connectivity index (χ0) is 48.4. The summed E-state index contributed by atoms with van der Waals surface area (Å²) in [4.78, 5) is 77.9. The Balaban J connectivity index is 0.965. The van der Waals surface area contributed by atoms with E-state index >= 15 is 4.39 Å². The van der Waals surface area contributed by atoms with Crippen LogP contribution in [-0.2, 0) is 25.5 Å². The van der Waals surface area contributed by atoms with Crippen molar-refractivity contribution < 1.29 is 37.8 Å². The highest BCUT2D eigenvalue weighted by Crippen LogP contribution is 2.54. The maximum absolute atomic E-state index is 16.9. The molecule has 7 heterocycles. The van der Waals surface area contributed by atoms with E-state index in [-0.39, 0.29) is 41.8 Å². The lowest BCUT2D eigenvalue weighted by Crippen LogP contribution is -2.52. The van der Waals surface area contributed by atoms with Crippen LogP contribution in [0.4, 0.5) is 14.0 Å². The van der Waals surface area contributed by atoms with Crippen molar-refractivity contribution in [1.82, 2.24) is 49.9 Å². The highest BCUT2D eigenvalue weighted by molar-refractivity contribution is 7.11. The molecule has 19 heteroatoms. The number of methoxy groups -OCH3 is 2. The molecule has 69 heavy (non-hydrogen) atoms. The number of imidazole rings is 2. The highest BCUT2D eigenvalue weighted by Gasteiger charge is 2.56. The molecule has 4 aliphatic rings. The highest BCUT2D eigenvalue weighted by atomic mass is 32.1. The van der Waals surface area contributed by atoms with Crippen molar-refractivity contribution in [2.24, 2.45) is 17.8 Å². The average molecular weight is 961 g/mol. The van der Waals surface area contributed by atoms with Crippen LogP contribution in [0.1, 0.15) is 107 Å². The number of ether oxygens (including phenoxy) is 3. The Bertz CT molecular complexity index is 2960. The summed E-state index contributed by atoms with van der Waals surface area (Å²) in [6.45, 7) is 10.2. The molecule has 4 amide bonds. The van der Waals surface area contributed by atoms with Crippen molar-refractivity contribution in [2.45, 2.75) is 110 Å². The van der Waals surface area contributed by atoms with Gasteiger partial charge in [0.2, 0.25) is 18.0 Å². The van der Waals surface area contributed by atoms with Crippen molar-refractivity contribution in [3.8, 4) is 39.5 Å². The number of fused-ring (bicyclic) bond motifs is 6. The Morgan fingerprint density at radius 3 is 2.22 bits per heavy atom. The number of benzene rings is 2. The number of hydrogen-bond acceptors (Lipinski definition) is 11. The summed E-state index contributed by atoms with van der Waals surface area (Å²) in [5.74, 6) is 0.838. The quantitative estimate of drug-likeness (QED) is 0.0868. The number of piperidine rings is 1. The number of likely N-dealkylation sites (tertiary alicyclic amines) is 2. The second-order valence-electron chi connectivity index (χ2n) is 19.2. The van der Waals surface area contributed by atoms with Gasteiger partial charge in [-0.3, -0.25) is 14.2 Å². The van der Waals surface area contributed by atoms with E-state index in [1.807, 2.05) is 67.6 Å². The van der Waals surface area contributed by atoms with Gasteiger partial charge in [0.1, 0.15) is 35.3 Å². The summed E-state index contributed by atoms with van der Waals surface area (Å²) in [7, 11) is 2.55. The van der Waals surface area contributed by atoms with E-state index in [0.29, 0.717) is 58.8 Å². The summed E-state index contributed by atoms with van der Waals surface area (Å²) < 4.78 is 35.4. The number of nitrogens with one attached hydrogen (secondary N) is 4. The van der Waals surface area contributed by atoms with Gasteiger partial charge in [0.25, 0.3) is 0 Å². The lowest BCUT2D eigenvalue weighted by Gasteiger charge is -2.31. The fourth-order valence-electron chi connectivity index (χ4n) is 10.4. The number of amides is 4. The van der Waals surface area contributed by atoms with Crippen LogP contribution in [0.25, 0.3) is 44.7 Å². The summed E-state index contributed by atoms with van der Waals surface area (Å²) in [6, 6.07) is 9.34. The predicted octanol–water partition coefficient (Wildman–Crippen LogP) is 8.66. The van der Waals surface area contributed by atoms with E-state index < -0.39 is 36.3 Å². The first-order chi connectivity index (χ1) is 33.3. The number of carbonyl (C=O) groups excluding carboxylic acids is 4. The van der Waals surface area contributed by atoms with Crippen molar-refractivity contribution in [1.29, 1.82) is 0 Å². The van der Waals surface area contributed by atoms with Gasteiger partial charge in [-0.2, -0.15) is 0 Å². The Morgan fingerprint density at radius 2 is 1.54 bits per heavy atom. The van der Waals surface area contributed by atoms with Crippen molar-refractivity contribution in [3.63, 3.8) is 0 Å². The first kappa shape index (κ1) is 46.0. The van der Waals surface area contributed by atoms with Gasteiger partial charge < -0.3 is 44.6 Å². The van der Waals surface area contributed by atoms with Crippen molar-refractivity contribution in [2.75, 3.05) is 20.8 Å². The summed E-state index contributed by atoms with van der Waals surface area (Å²) >= 11 is 1.58. The van der Waals surface area contributed by atoms with Crippen LogP contribution in [0.5, 0.6) is 5.75 Å². The normalized spacial score (nSPS) is 21.2. The monoisotopic (exact) mass is 960 g/mol. The minimum atomic E-state index is -0.774. The molecule has 0 bridgehead atoms. The molecular formula is C50H57FN10O7S. The number of rotatable bonds is 13. The number of alkyl carbamates (subject to hydrolysis) is 2. The fraction of sp³-hybridized carbons (Fsp3) is 0.460. The SMILES string of the molecule is CCCc1ncc(C2Oc3cc(-c4cnc([C@@H]5CCCN5C(=O)[C@@H](NC(=O)OC)C(C)C)[nH]4)cc(F)c3-c3cc4cc(-c5cnc([C@@H]6C[C@H]7C[C@H]7N6C(=O)[C@@H](NC(=O)OC)C(C)C)[nH]5)ccc4n32)s1. The molecule has 10 rings (SSSR count). The van der Waals surface area contributed by atoms with Crippen LogP contribution in [0, 0.1) is 23.6 Å². The maximum atomic E-state index is 16.9. The molecule has 362 valence electrons.